The summed E-state index contributed by atoms with van der Waals surface area (Å²) in [5.74, 6) is -0.781. The molecule has 6 nitrogen and oxygen atoms in total. The van der Waals surface area contributed by atoms with Crippen molar-refractivity contribution < 1.29 is 22.8 Å². The zero-order valence-electron chi connectivity index (χ0n) is 9.53. The summed E-state index contributed by atoms with van der Waals surface area (Å²) in [4.78, 5) is 32.7. The Bertz CT molecular complexity index is 551. The smallest absolute Gasteiger partial charge is 0.351 e. The summed E-state index contributed by atoms with van der Waals surface area (Å²) in [5, 5.41) is 1.74. The number of rotatable bonds is 3. The van der Waals surface area contributed by atoms with Crippen molar-refractivity contribution in [3.8, 4) is 0 Å². The number of alkyl halides is 3. The van der Waals surface area contributed by atoms with Crippen molar-refractivity contribution in [1.82, 2.24) is 9.88 Å². The molecular formula is C10H10F3N3O3. The van der Waals surface area contributed by atoms with Crippen LogP contribution < -0.4 is 16.6 Å². The predicted molar refractivity (Wildman–Crippen MR) is 58.0 cm³/mol. The highest BCUT2D eigenvalue weighted by molar-refractivity contribution is 5.93. The maximum Gasteiger partial charge on any atom is 0.417 e. The SMILES string of the molecule is NC(=O)NC(=O)CCn1cc(C(F)(F)F)ccc1=O. The Balaban J connectivity index is 2.81. The molecule has 0 spiro atoms. The minimum absolute atomic E-state index is 0.290. The van der Waals surface area contributed by atoms with Gasteiger partial charge >= 0.3 is 12.2 Å². The van der Waals surface area contributed by atoms with E-state index in [4.69, 9.17) is 0 Å². The quantitative estimate of drug-likeness (QED) is 0.840. The molecule has 3 amide bonds. The molecule has 3 N–H and O–H groups in total. The van der Waals surface area contributed by atoms with Crippen LogP contribution in [-0.2, 0) is 17.5 Å². The van der Waals surface area contributed by atoms with Crippen LogP contribution in [-0.4, -0.2) is 16.5 Å². The number of aromatic nitrogens is 1. The molecule has 0 aliphatic rings. The zero-order valence-corrected chi connectivity index (χ0v) is 9.53. The second-order valence-electron chi connectivity index (χ2n) is 3.61. The number of pyridine rings is 1. The lowest BCUT2D eigenvalue weighted by molar-refractivity contribution is -0.138. The first-order valence-corrected chi connectivity index (χ1v) is 5.07. The lowest BCUT2D eigenvalue weighted by atomic mass is 10.2. The van der Waals surface area contributed by atoms with Gasteiger partial charge < -0.3 is 10.3 Å². The highest BCUT2D eigenvalue weighted by Gasteiger charge is 2.31. The minimum Gasteiger partial charge on any atom is -0.351 e. The van der Waals surface area contributed by atoms with Crippen molar-refractivity contribution in [2.45, 2.75) is 19.1 Å². The average Bonchev–Trinajstić information content (AvgIpc) is 2.25. The van der Waals surface area contributed by atoms with Crippen molar-refractivity contribution >= 4 is 11.9 Å². The van der Waals surface area contributed by atoms with Gasteiger partial charge in [-0.1, -0.05) is 0 Å². The first-order chi connectivity index (χ1) is 8.70. The number of hydrogen-bond donors (Lipinski definition) is 2. The second-order valence-corrected chi connectivity index (χ2v) is 3.61. The Labute approximate surface area is 105 Å². The van der Waals surface area contributed by atoms with Crippen LogP contribution in [0.4, 0.5) is 18.0 Å². The molecule has 1 rings (SSSR count). The van der Waals surface area contributed by atoms with Crippen LogP contribution in [0.25, 0.3) is 0 Å². The number of halogens is 3. The summed E-state index contributed by atoms with van der Waals surface area (Å²) >= 11 is 0. The second kappa shape index (κ2) is 5.55. The van der Waals surface area contributed by atoms with Gasteiger partial charge in [-0.2, -0.15) is 13.2 Å². The lowest BCUT2D eigenvalue weighted by Gasteiger charge is -2.10. The number of nitrogens with one attached hydrogen (secondary N) is 1. The molecule has 9 heteroatoms. The number of urea groups is 1. The van der Waals surface area contributed by atoms with Gasteiger partial charge in [-0.3, -0.25) is 14.9 Å². The molecule has 1 aromatic rings. The molecule has 0 saturated heterocycles. The van der Waals surface area contributed by atoms with Crippen LogP contribution in [0.1, 0.15) is 12.0 Å². The first-order valence-electron chi connectivity index (χ1n) is 5.07. The minimum atomic E-state index is -4.58. The fraction of sp³-hybridized carbons (Fsp3) is 0.300. The van der Waals surface area contributed by atoms with E-state index < -0.39 is 29.2 Å². The molecule has 1 heterocycles. The van der Waals surface area contributed by atoms with E-state index in [1.54, 1.807) is 5.32 Å². The standard InChI is InChI=1S/C10H10F3N3O3/c11-10(12,13)6-1-2-8(18)16(5-6)4-3-7(17)15-9(14)19/h1-2,5H,3-4H2,(H3,14,15,17,19). The van der Waals surface area contributed by atoms with Gasteiger partial charge in [-0.05, 0) is 6.07 Å². The fourth-order valence-corrected chi connectivity index (χ4v) is 1.30. The van der Waals surface area contributed by atoms with Gasteiger partial charge in [-0.15, -0.1) is 0 Å². The van der Waals surface area contributed by atoms with Gasteiger partial charge in [0.25, 0.3) is 5.56 Å². The van der Waals surface area contributed by atoms with Gasteiger partial charge in [0.05, 0.1) is 5.56 Å². The van der Waals surface area contributed by atoms with Gasteiger partial charge in [0.2, 0.25) is 5.91 Å². The molecule has 1 aromatic heterocycles. The van der Waals surface area contributed by atoms with Crippen LogP contribution >= 0.6 is 0 Å². The largest absolute Gasteiger partial charge is 0.417 e. The van der Waals surface area contributed by atoms with Gasteiger partial charge in [-0.25, -0.2) is 4.79 Å². The van der Waals surface area contributed by atoms with Gasteiger partial charge in [0.15, 0.2) is 0 Å². The number of carbonyl (C=O) groups is 2. The molecule has 0 aromatic carbocycles. The summed E-state index contributed by atoms with van der Waals surface area (Å²) in [6, 6.07) is 0.346. The molecule has 0 bridgehead atoms. The van der Waals surface area contributed by atoms with E-state index in [1.807, 2.05) is 0 Å². The Kier molecular flexibility index (Phi) is 4.30. The number of aryl methyl sites for hydroxylation is 1. The van der Waals surface area contributed by atoms with Crippen LogP contribution in [0.3, 0.4) is 0 Å². The van der Waals surface area contributed by atoms with Crippen LogP contribution in [0, 0.1) is 0 Å². The molecule has 0 fully saturated rings. The Morgan fingerprint density at radius 2 is 1.95 bits per heavy atom. The van der Waals surface area contributed by atoms with Crippen molar-refractivity contribution in [2.24, 2.45) is 5.73 Å². The number of nitrogens with two attached hydrogens (primary N) is 1. The van der Waals surface area contributed by atoms with Crippen molar-refractivity contribution in [2.75, 3.05) is 0 Å². The van der Waals surface area contributed by atoms with E-state index in [2.05, 4.69) is 5.73 Å². The Morgan fingerprint density at radius 1 is 1.32 bits per heavy atom. The highest BCUT2D eigenvalue weighted by Crippen LogP contribution is 2.27. The lowest BCUT2D eigenvalue weighted by Crippen LogP contribution is -2.36. The van der Waals surface area contributed by atoms with Crippen molar-refractivity contribution in [3.05, 3.63) is 34.2 Å². The molecular weight excluding hydrogens is 267 g/mol. The highest BCUT2D eigenvalue weighted by atomic mass is 19.4. The molecule has 0 unspecified atom stereocenters. The fourth-order valence-electron chi connectivity index (χ4n) is 1.30. The normalized spacial score (nSPS) is 11.1. The number of carbonyl (C=O) groups excluding carboxylic acids is 2. The first kappa shape index (κ1) is 14.7. The molecule has 0 aliphatic carbocycles. The van der Waals surface area contributed by atoms with E-state index in [0.717, 1.165) is 10.6 Å². The Morgan fingerprint density at radius 3 is 2.47 bits per heavy atom. The summed E-state index contributed by atoms with van der Waals surface area (Å²) in [6.45, 7) is -0.290. The topological polar surface area (TPSA) is 94.2 Å². The maximum absolute atomic E-state index is 12.4. The molecule has 0 radical (unpaired) electrons. The van der Waals surface area contributed by atoms with E-state index >= 15 is 0 Å². The van der Waals surface area contributed by atoms with Crippen LogP contribution in [0.5, 0.6) is 0 Å². The molecule has 104 valence electrons. The zero-order chi connectivity index (χ0) is 14.6. The van der Waals surface area contributed by atoms with Crippen molar-refractivity contribution in [3.63, 3.8) is 0 Å². The van der Waals surface area contributed by atoms with Gasteiger partial charge in [0.1, 0.15) is 0 Å². The maximum atomic E-state index is 12.4. The third-order valence-corrected chi connectivity index (χ3v) is 2.15. The number of amides is 3. The van der Waals surface area contributed by atoms with E-state index in [-0.39, 0.29) is 13.0 Å². The van der Waals surface area contributed by atoms with E-state index in [0.29, 0.717) is 12.3 Å². The van der Waals surface area contributed by atoms with Crippen molar-refractivity contribution in [1.29, 1.82) is 0 Å². The summed E-state index contributed by atoms with van der Waals surface area (Å²) in [6.07, 6.45) is -4.31. The molecule has 0 atom stereocenters. The van der Waals surface area contributed by atoms with Crippen LogP contribution in [0.2, 0.25) is 0 Å². The predicted octanol–water partition coefficient (Wildman–Crippen LogP) is 0.452. The summed E-state index contributed by atoms with van der Waals surface area (Å²) in [7, 11) is 0. The van der Waals surface area contributed by atoms with Crippen LogP contribution in [0.15, 0.2) is 23.1 Å². The van der Waals surface area contributed by atoms with E-state index in [9.17, 15) is 27.6 Å². The molecule has 0 saturated carbocycles. The third-order valence-electron chi connectivity index (χ3n) is 2.15. The van der Waals surface area contributed by atoms with Gasteiger partial charge in [0, 0.05) is 25.2 Å². The molecule has 0 aliphatic heterocycles. The van der Waals surface area contributed by atoms with E-state index in [1.165, 1.54) is 0 Å². The summed E-state index contributed by atoms with van der Waals surface area (Å²) in [5.41, 5.74) is 3.01. The number of primary amides is 1. The number of imide groups is 1. The molecule has 19 heavy (non-hydrogen) atoms. The third kappa shape index (κ3) is 4.45. The monoisotopic (exact) mass is 277 g/mol. The average molecular weight is 277 g/mol. The number of hydrogen-bond acceptors (Lipinski definition) is 3. The summed E-state index contributed by atoms with van der Waals surface area (Å²) < 4.78 is 38.0. The number of nitrogens with zero attached hydrogens (tertiary/aromatic N) is 1. The Hall–Kier alpha value is -2.32.